The normalized spacial score (nSPS) is 26.4. The van der Waals surface area contributed by atoms with Crippen molar-refractivity contribution in [3.63, 3.8) is 0 Å². The molecule has 1 aliphatic rings. The molecule has 2 aromatic heterocycles. The molecule has 2 unspecified atom stereocenters. The summed E-state index contributed by atoms with van der Waals surface area (Å²) in [7, 11) is 0. The standard InChI is InChI=1S/C17H26N4/c1-9-6-10(2)8-14(7-9)21-12(4)11(3)15-16(18)19-13(5)20-17(15)21/h9-10,14H,6-8H2,1-5H3,(H2,18,19,20). The van der Waals surface area contributed by atoms with Gasteiger partial charge in [0, 0.05) is 11.7 Å². The first-order valence-corrected chi connectivity index (χ1v) is 7.99. The topological polar surface area (TPSA) is 56.7 Å². The Hall–Kier alpha value is -1.58. The minimum Gasteiger partial charge on any atom is -0.383 e. The van der Waals surface area contributed by atoms with Crippen molar-refractivity contribution >= 4 is 16.9 Å². The second kappa shape index (κ2) is 5.00. The Bertz CT molecular complexity index is 676. The zero-order chi connectivity index (χ0) is 15.3. The van der Waals surface area contributed by atoms with Crippen molar-refractivity contribution < 1.29 is 0 Å². The van der Waals surface area contributed by atoms with E-state index in [1.165, 1.54) is 30.5 Å². The van der Waals surface area contributed by atoms with Crippen molar-refractivity contribution in [2.45, 2.75) is 59.9 Å². The molecule has 0 bridgehead atoms. The largest absolute Gasteiger partial charge is 0.383 e. The molecule has 2 atom stereocenters. The summed E-state index contributed by atoms with van der Waals surface area (Å²) in [6.07, 6.45) is 3.80. The van der Waals surface area contributed by atoms with Crippen LogP contribution in [-0.4, -0.2) is 14.5 Å². The minimum absolute atomic E-state index is 0.536. The number of aromatic nitrogens is 3. The van der Waals surface area contributed by atoms with E-state index in [9.17, 15) is 0 Å². The number of nitrogens with zero attached hydrogens (tertiary/aromatic N) is 3. The van der Waals surface area contributed by atoms with E-state index >= 15 is 0 Å². The highest BCUT2D eigenvalue weighted by Gasteiger charge is 2.28. The maximum atomic E-state index is 6.16. The van der Waals surface area contributed by atoms with E-state index in [0.29, 0.717) is 11.9 Å². The second-order valence-corrected chi connectivity index (χ2v) is 7.01. The van der Waals surface area contributed by atoms with Gasteiger partial charge in [-0.15, -0.1) is 0 Å². The van der Waals surface area contributed by atoms with Crippen molar-refractivity contribution in [1.29, 1.82) is 0 Å². The molecule has 21 heavy (non-hydrogen) atoms. The fraction of sp³-hybridized carbons (Fsp3) is 0.647. The molecule has 0 spiro atoms. The Kier molecular flexibility index (Phi) is 3.42. The van der Waals surface area contributed by atoms with E-state index in [0.717, 1.165) is 28.7 Å². The quantitative estimate of drug-likeness (QED) is 0.864. The average molecular weight is 286 g/mol. The zero-order valence-corrected chi connectivity index (χ0v) is 13.8. The number of nitrogen functional groups attached to an aromatic ring is 1. The first-order chi connectivity index (χ1) is 9.88. The number of fused-ring (bicyclic) bond motifs is 1. The van der Waals surface area contributed by atoms with Crippen LogP contribution < -0.4 is 5.73 Å². The molecule has 1 aliphatic carbocycles. The van der Waals surface area contributed by atoms with Gasteiger partial charge in [0.15, 0.2) is 0 Å². The fourth-order valence-corrected chi connectivity index (χ4v) is 4.20. The average Bonchev–Trinajstić information content (AvgIpc) is 2.60. The summed E-state index contributed by atoms with van der Waals surface area (Å²) >= 11 is 0. The van der Waals surface area contributed by atoms with Gasteiger partial charge in [-0.1, -0.05) is 13.8 Å². The maximum absolute atomic E-state index is 6.16. The fourth-order valence-electron chi connectivity index (χ4n) is 4.20. The Morgan fingerprint density at radius 1 is 1.00 bits per heavy atom. The summed E-state index contributed by atoms with van der Waals surface area (Å²) in [5.41, 5.74) is 9.71. The molecule has 4 nitrogen and oxygen atoms in total. The second-order valence-electron chi connectivity index (χ2n) is 7.01. The number of hydrogen-bond donors (Lipinski definition) is 1. The van der Waals surface area contributed by atoms with Crippen molar-refractivity contribution in [3.8, 4) is 0 Å². The Morgan fingerprint density at radius 2 is 1.62 bits per heavy atom. The van der Waals surface area contributed by atoms with Gasteiger partial charge >= 0.3 is 0 Å². The summed E-state index contributed by atoms with van der Waals surface area (Å²) in [6.45, 7) is 11.0. The predicted molar refractivity (Wildman–Crippen MR) is 87.4 cm³/mol. The highest BCUT2D eigenvalue weighted by Crippen LogP contribution is 2.40. The first kappa shape index (κ1) is 14.4. The lowest BCUT2D eigenvalue weighted by molar-refractivity contribution is 0.222. The molecular weight excluding hydrogens is 260 g/mol. The van der Waals surface area contributed by atoms with E-state index in [4.69, 9.17) is 10.7 Å². The van der Waals surface area contributed by atoms with Crippen LogP contribution in [0.15, 0.2) is 0 Å². The maximum Gasteiger partial charge on any atom is 0.146 e. The Morgan fingerprint density at radius 3 is 2.24 bits per heavy atom. The van der Waals surface area contributed by atoms with Crippen LogP contribution in [0.4, 0.5) is 5.82 Å². The zero-order valence-electron chi connectivity index (χ0n) is 13.8. The van der Waals surface area contributed by atoms with Crippen LogP contribution in [0.25, 0.3) is 11.0 Å². The van der Waals surface area contributed by atoms with E-state index in [2.05, 4.69) is 37.2 Å². The van der Waals surface area contributed by atoms with E-state index in [1.54, 1.807) is 0 Å². The number of nitrogens with two attached hydrogens (primary N) is 1. The van der Waals surface area contributed by atoms with Gasteiger partial charge in [0.25, 0.3) is 0 Å². The van der Waals surface area contributed by atoms with E-state index in [-0.39, 0.29) is 0 Å². The third kappa shape index (κ3) is 2.30. The van der Waals surface area contributed by atoms with Crippen LogP contribution in [-0.2, 0) is 0 Å². The molecule has 0 aromatic carbocycles. The molecule has 3 rings (SSSR count). The van der Waals surface area contributed by atoms with Crippen LogP contribution in [0.5, 0.6) is 0 Å². The molecule has 2 heterocycles. The molecule has 114 valence electrons. The summed E-state index contributed by atoms with van der Waals surface area (Å²) in [5.74, 6) is 2.93. The molecule has 0 radical (unpaired) electrons. The van der Waals surface area contributed by atoms with Crippen molar-refractivity contribution in [2.24, 2.45) is 11.8 Å². The number of hydrogen-bond acceptors (Lipinski definition) is 3. The lowest BCUT2D eigenvalue weighted by Crippen LogP contribution is -2.23. The van der Waals surface area contributed by atoms with Crippen molar-refractivity contribution in [3.05, 3.63) is 17.1 Å². The molecule has 0 aliphatic heterocycles. The van der Waals surface area contributed by atoms with Gasteiger partial charge in [-0.25, -0.2) is 9.97 Å². The van der Waals surface area contributed by atoms with E-state index < -0.39 is 0 Å². The Balaban J connectivity index is 2.20. The number of aryl methyl sites for hydroxylation is 2. The highest BCUT2D eigenvalue weighted by atomic mass is 15.1. The van der Waals surface area contributed by atoms with Gasteiger partial charge in [-0.3, -0.25) is 0 Å². The van der Waals surface area contributed by atoms with Gasteiger partial charge in [0.05, 0.1) is 5.39 Å². The van der Waals surface area contributed by atoms with Gasteiger partial charge in [-0.2, -0.15) is 0 Å². The molecular formula is C17H26N4. The van der Waals surface area contributed by atoms with Gasteiger partial charge in [0.2, 0.25) is 0 Å². The molecule has 0 saturated heterocycles. The summed E-state index contributed by atoms with van der Waals surface area (Å²) in [5, 5.41) is 1.05. The molecule has 2 aromatic rings. The lowest BCUT2D eigenvalue weighted by Gasteiger charge is -2.33. The van der Waals surface area contributed by atoms with Crippen molar-refractivity contribution in [1.82, 2.24) is 14.5 Å². The highest BCUT2D eigenvalue weighted by molar-refractivity contribution is 5.91. The van der Waals surface area contributed by atoms with Crippen LogP contribution in [0.1, 0.15) is 56.2 Å². The van der Waals surface area contributed by atoms with Crippen LogP contribution in [0.3, 0.4) is 0 Å². The molecule has 0 amide bonds. The van der Waals surface area contributed by atoms with Gasteiger partial charge in [0.1, 0.15) is 17.3 Å². The molecule has 1 saturated carbocycles. The van der Waals surface area contributed by atoms with Crippen molar-refractivity contribution in [2.75, 3.05) is 5.73 Å². The first-order valence-electron chi connectivity index (χ1n) is 7.99. The monoisotopic (exact) mass is 286 g/mol. The van der Waals surface area contributed by atoms with Gasteiger partial charge < -0.3 is 10.3 Å². The SMILES string of the molecule is Cc1nc(N)c2c(C)c(C)n(C3CC(C)CC(C)C3)c2n1. The number of rotatable bonds is 1. The van der Waals surface area contributed by atoms with Crippen LogP contribution >= 0.6 is 0 Å². The van der Waals surface area contributed by atoms with Gasteiger partial charge in [-0.05, 0) is 57.4 Å². The predicted octanol–water partition coefficient (Wildman–Crippen LogP) is 3.94. The van der Waals surface area contributed by atoms with Crippen LogP contribution in [0.2, 0.25) is 0 Å². The minimum atomic E-state index is 0.536. The number of anilines is 1. The molecule has 2 N–H and O–H groups in total. The Labute approximate surface area is 126 Å². The van der Waals surface area contributed by atoms with Crippen LogP contribution in [0, 0.1) is 32.6 Å². The lowest BCUT2D eigenvalue weighted by atomic mass is 9.80. The van der Waals surface area contributed by atoms with E-state index in [1.807, 2.05) is 6.92 Å². The molecule has 1 fully saturated rings. The summed E-state index contributed by atoms with van der Waals surface area (Å²) < 4.78 is 2.43. The summed E-state index contributed by atoms with van der Waals surface area (Å²) in [6, 6.07) is 0.536. The third-order valence-corrected chi connectivity index (χ3v) is 5.06. The third-order valence-electron chi connectivity index (χ3n) is 5.06. The molecule has 4 heteroatoms. The summed E-state index contributed by atoms with van der Waals surface area (Å²) in [4.78, 5) is 9.06. The smallest absolute Gasteiger partial charge is 0.146 e.